The Morgan fingerprint density at radius 1 is 1.43 bits per heavy atom. The third kappa shape index (κ3) is 2.00. The largest absolute Gasteiger partial charge is 1.00 e. The van der Waals surface area contributed by atoms with E-state index < -0.39 is 0 Å². The summed E-state index contributed by atoms with van der Waals surface area (Å²) in [7, 11) is 0. The van der Waals surface area contributed by atoms with Gasteiger partial charge in [0.05, 0.1) is 0 Å². The first-order chi connectivity index (χ1) is 6.33. The zero-order chi connectivity index (χ0) is 9.26. The third-order valence-corrected chi connectivity index (χ3v) is 4.37. The fourth-order valence-electron chi connectivity index (χ4n) is 1.51. The van der Waals surface area contributed by atoms with Crippen LogP contribution in [0.1, 0.15) is 4.57 Å². The average Bonchev–Trinajstić information content (AvgIpc) is 2.44. The number of hydrogen-bond acceptors (Lipinski definition) is 0. The first kappa shape index (κ1) is 11.7. The number of aryl methyl sites for hydroxylation is 1. The third-order valence-electron chi connectivity index (χ3n) is 2.11. The van der Waals surface area contributed by atoms with Gasteiger partial charge in [0.1, 0.15) is 0 Å². The molecule has 0 saturated carbocycles. The second-order valence-electron chi connectivity index (χ2n) is 2.99. The first-order valence-electron chi connectivity index (χ1n) is 4.32. The number of benzene rings is 1. The van der Waals surface area contributed by atoms with Gasteiger partial charge in [0.25, 0.3) is 0 Å². The summed E-state index contributed by atoms with van der Waals surface area (Å²) in [6, 6.07) is 8.63. The van der Waals surface area contributed by atoms with E-state index in [1.807, 2.05) is 6.08 Å². The molecule has 0 aliphatic rings. The number of nitrogens with zero attached hydrogens (tertiary/aromatic N) is 1. The number of rotatable bonds is 2. The molecule has 74 valence electrons. The molecule has 1 nitrogen and oxygen atoms in total. The van der Waals surface area contributed by atoms with Gasteiger partial charge < -0.3 is 17.0 Å². The SMILES string of the molecule is C=CC[n+]1c(C)[se]c2ccccc21.[Br-]. The second-order valence-corrected chi connectivity index (χ2v) is 5.58. The van der Waals surface area contributed by atoms with Crippen LogP contribution >= 0.6 is 0 Å². The van der Waals surface area contributed by atoms with E-state index in [1.54, 1.807) is 0 Å². The number of para-hydroxylation sites is 1. The Balaban J connectivity index is 0.000000980. The van der Waals surface area contributed by atoms with Crippen molar-refractivity contribution >= 4 is 24.3 Å². The summed E-state index contributed by atoms with van der Waals surface area (Å²) in [4.78, 5) is 0. The minimum absolute atomic E-state index is 0. The van der Waals surface area contributed by atoms with Crippen molar-refractivity contribution in [3.8, 4) is 0 Å². The monoisotopic (exact) mass is 317 g/mol. The molecule has 1 aromatic carbocycles. The number of fused-ring (bicyclic) bond motifs is 1. The second kappa shape index (κ2) is 4.92. The Bertz CT molecular complexity index is 447. The average molecular weight is 317 g/mol. The molecule has 0 aliphatic heterocycles. The van der Waals surface area contributed by atoms with Crippen molar-refractivity contribution < 1.29 is 21.5 Å². The quantitative estimate of drug-likeness (QED) is 0.368. The van der Waals surface area contributed by atoms with Crippen LogP contribution in [0.4, 0.5) is 0 Å². The van der Waals surface area contributed by atoms with E-state index in [9.17, 15) is 0 Å². The summed E-state index contributed by atoms with van der Waals surface area (Å²) in [6.45, 7) is 6.93. The van der Waals surface area contributed by atoms with E-state index >= 15 is 0 Å². The summed E-state index contributed by atoms with van der Waals surface area (Å²) >= 11 is 0.527. The van der Waals surface area contributed by atoms with Gasteiger partial charge in [-0.05, 0) is 0 Å². The normalized spacial score (nSPS) is 9.79. The van der Waals surface area contributed by atoms with Crippen molar-refractivity contribution in [2.24, 2.45) is 0 Å². The van der Waals surface area contributed by atoms with E-state index in [0.29, 0.717) is 14.5 Å². The molecule has 0 radical (unpaired) electrons. The molecule has 2 aromatic rings. The maximum Gasteiger partial charge on any atom is -1.00 e. The Morgan fingerprint density at radius 3 is 2.86 bits per heavy atom. The predicted octanol–water partition coefficient (Wildman–Crippen LogP) is -1.32. The summed E-state index contributed by atoms with van der Waals surface area (Å²) in [6.07, 6.45) is 1.96. The van der Waals surface area contributed by atoms with E-state index in [2.05, 4.69) is 42.3 Å². The molecule has 0 saturated heterocycles. The molecule has 0 fully saturated rings. The van der Waals surface area contributed by atoms with Crippen LogP contribution in [0.3, 0.4) is 0 Å². The van der Waals surface area contributed by atoms with Crippen LogP contribution in [0.2, 0.25) is 0 Å². The molecule has 1 aromatic heterocycles. The van der Waals surface area contributed by atoms with Crippen molar-refractivity contribution in [3.63, 3.8) is 0 Å². The van der Waals surface area contributed by atoms with Crippen LogP contribution in [0.25, 0.3) is 9.78 Å². The zero-order valence-corrected chi connectivity index (χ0v) is 11.3. The van der Waals surface area contributed by atoms with Gasteiger partial charge in [-0.15, -0.1) is 0 Å². The molecule has 0 bridgehead atoms. The predicted molar refractivity (Wildman–Crippen MR) is 56.0 cm³/mol. The Kier molecular flexibility index (Phi) is 4.11. The van der Waals surface area contributed by atoms with E-state index in [1.165, 1.54) is 14.3 Å². The van der Waals surface area contributed by atoms with Crippen molar-refractivity contribution in [3.05, 3.63) is 41.5 Å². The van der Waals surface area contributed by atoms with Gasteiger partial charge in [0, 0.05) is 0 Å². The molecule has 0 aliphatic carbocycles. The van der Waals surface area contributed by atoms with Crippen molar-refractivity contribution in [1.82, 2.24) is 0 Å². The molecule has 0 spiro atoms. The van der Waals surface area contributed by atoms with Gasteiger partial charge in [-0.25, -0.2) is 0 Å². The summed E-state index contributed by atoms with van der Waals surface area (Å²) in [5, 5.41) is 0. The van der Waals surface area contributed by atoms with E-state index in [4.69, 9.17) is 0 Å². The number of allylic oxidation sites excluding steroid dienone is 1. The van der Waals surface area contributed by atoms with E-state index in [-0.39, 0.29) is 17.0 Å². The van der Waals surface area contributed by atoms with Crippen molar-refractivity contribution in [2.45, 2.75) is 13.5 Å². The van der Waals surface area contributed by atoms with Crippen LogP contribution in [-0.4, -0.2) is 14.5 Å². The van der Waals surface area contributed by atoms with E-state index in [0.717, 1.165) is 6.54 Å². The molecule has 0 atom stereocenters. The van der Waals surface area contributed by atoms with Crippen molar-refractivity contribution in [1.29, 1.82) is 0 Å². The maximum absolute atomic E-state index is 3.78. The molecule has 0 unspecified atom stereocenters. The molecular formula is C11H12BrNSe. The molecule has 14 heavy (non-hydrogen) atoms. The fraction of sp³-hybridized carbons (Fsp3) is 0.182. The molecule has 2 rings (SSSR count). The molecular weight excluding hydrogens is 305 g/mol. The minimum atomic E-state index is 0. The van der Waals surface area contributed by atoms with Crippen LogP contribution in [-0.2, 0) is 6.54 Å². The van der Waals surface area contributed by atoms with Crippen LogP contribution in [0.15, 0.2) is 36.9 Å². The van der Waals surface area contributed by atoms with Gasteiger partial charge >= 0.3 is 83.8 Å². The Morgan fingerprint density at radius 2 is 2.14 bits per heavy atom. The molecule has 3 heteroatoms. The van der Waals surface area contributed by atoms with Crippen molar-refractivity contribution in [2.75, 3.05) is 0 Å². The molecule has 0 N–H and O–H groups in total. The van der Waals surface area contributed by atoms with Gasteiger partial charge in [0.2, 0.25) is 0 Å². The number of aromatic nitrogens is 1. The van der Waals surface area contributed by atoms with Gasteiger partial charge in [0.15, 0.2) is 0 Å². The maximum atomic E-state index is 3.78. The topological polar surface area (TPSA) is 3.88 Å². The summed E-state index contributed by atoms with van der Waals surface area (Å²) in [5.41, 5.74) is 1.37. The molecule has 1 heterocycles. The van der Waals surface area contributed by atoms with Gasteiger partial charge in [-0.1, -0.05) is 0 Å². The zero-order valence-electron chi connectivity index (χ0n) is 8.03. The first-order valence-corrected chi connectivity index (χ1v) is 6.03. The fourth-order valence-corrected chi connectivity index (χ4v) is 3.67. The summed E-state index contributed by atoms with van der Waals surface area (Å²) < 4.78 is 5.32. The smallest absolute Gasteiger partial charge is 1.00 e. The summed E-state index contributed by atoms with van der Waals surface area (Å²) in [5.74, 6) is 0. The molecule has 0 amide bonds. The van der Waals surface area contributed by atoms with Crippen LogP contribution in [0, 0.1) is 6.92 Å². The Labute approximate surface area is 101 Å². The minimum Gasteiger partial charge on any atom is -1.00 e. The standard InChI is InChI=1S/C11H12NSe.BrH/c1-3-8-12-9(2)13-11-7-5-4-6-10(11)12;/h3-7H,1,8H2,2H3;1H/q+1;/p-1. The van der Waals surface area contributed by atoms with Gasteiger partial charge in [-0.2, -0.15) is 0 Å². The Hall–Kier alpha value is -0.371. The number of halogens is 1. The van der Waals surface area contributed by atoms with Crippen LogP contribution < -0.4 is 21.5 Å². The number of hydrogen-bond donors (Lipinski definition) is 0. The van der Waals surface area contributed by atoms with Gasteiger partial charge in [-0.3, -0.25) is 0 Å². The van der Waals surface area contributed by atoms with Crippen LogP contribution in [0.5, 0.6) is 0 Å².